The van der Waals surface area contributed by atoms with Crippen molar-refractivity contribution in [3.05, 3.63) is 11.9 Å². The third-order valence-electron chi connectivity index (χ3n) is 2.01. The molecule has 0 aliphatic carbocycles. The molecule has 0 atom stereocenters. The van der Waals surface area contributed by atoms with E-state index in [1.807, 2.05) is 6.92 Å². The summed E-state index contributed by atoms with van der Waals surface area (Å²) in [7, 11) is 0. The average molecular weight is 264 g/mol. The normalized spacial score (nSPS) is 11.4. The first-order valence-corrected chi connectivity index (χ1v) is 5.48. The number of aromatic nitrogens is 2. The lowest BCUT2D eigenvalue weighted by molar-refractivity contribution is -0.139. The van der Waals surface area contributed by atoms with Crippen LogP contribution < -0.4 is 16.0 Å². The van der Waals surface area contributed by atoms with Gasteiger partial charge in [-0.15, -0.1) is 0 Å². The zero-order chi connectivity index (χ0) is 13.6. The van der Waals surface area contributed by atoms with Crippen molar-refractivity contribution < 1.29 is 17.9 Å². The van der Waals surface area contributed by atoms with Crippen molar-refractivity contribution in [3.63, 3.8) is 0 Å². The molecule has 5 nitrogen and oxygen atoms in total. The highest BCUT2D eigenvalue weighted by Gasteiger charge is 2.27. The van der Waals surface area contributed by atoms with Crippen molar-refractivity contribution >= 4 is 5.82 Å². The van der Waals surface area contributed by atoms with Gasteiger partial charge in [0.15, 0.2) is 0 Å². The third kappa shape index (κ3) is 5.17. The monoisotopic (exact) mass is 264 g/mol. The van der Waals surface area contributed by atoms with E-state index in [0.717, 1.165) is 6.42 Å². The maximum absolute atomic E-state index is 12.0. The van der Waals surface area contributed by atoms with Gasteiger partial charge in [0.05, 0.1) is 13.0 Å². The number of nitrogen functional groups attached to an aromatic ring is 1. The van der Waals surface area contributed by atoms with Gasteiger partial charge in [-0.1, -0.05) is 6.92 Å². The zero-order valence-corrected chi connectivity index (χ0v) is 9.92. The second-order valence-corrected chi connectivity index (χ2v) is 3.62. The number of nitrogens with two attached hydrogens (primary N) is 1. The van der Waals surface area contributed by atoms with Crippen LogP contribution in [-0.4, -0.2) is 22.8 Å². The summed E-state index contributed by atoms with van der Waals surface area (Å²) in [5.74, 6) is 6.09. The van der Waals surface area contributed by atoms with Crippen LogP contribution in [0.4, 0.5) is 19.0 Å². The summed E-state index contributed by atoms with van der Waals surface area (Å²) in [4.78, 5) is 8.04. The molecule has 0 amide bonds. The first-order valence-electron chi connectivity index (χ1n) is 5.48. The van der Waals surface area contributed by atoms with Crippen molar-refractivity contribution in [2.45, 2.75) is 32.4 Å². The number of alkyl halides is 3. The minimum atomic E-state index is -4.24. The summed E-state index contributed by atoms with van der Waals surface area (Å²) in [5, 5.41) is 0. The molecule has 1 rings (SSSR count). The highest BCUT2D eigenvalue weighted by atomic mass is 19.4. The van der Waals surface area contributed by atoms with Crippen LogP contribution in [0.5, 0.6) is 5.88 Å². The molecule has 0 aliphatic rings. The minimum Gasteiger partial charge on any atom is -0.477 e. The second-order valence-electron chi connectivity index (χ2n) is 3.62. The van der Waals surface area contributed by atoms with E-state index in [1.165, 1.54) is 6.07 Å². The molecule has 0 saturated carbocycles. The molecule has 0 bridgehead atoms. The minimum absolute atomic E-state index is 0.0886. The van der Waals surface area contributed by atoms with E-state index in [0.29, 0.717) is 18.1 Å². The maximum atomic E-state index is 12.0. The molecular weight excluding hydrogens is 249 g/mol. The van der Waals surface area contributed by atoms with Crippen LogP contribution in [0.3, 0.4) is 0 Å². The molecule has 0 aliphatic heterocycles. The molecule has 0 radical (unpaired) electrons. The third-order valence-corrected chi connectivity index (χ3v) is 2.01. The highest BCUT2D eigenvalue weighted by molar-refractivity contribution is 5.36. The largest absolute Gasteiger partial charge is 0.477 e. The Morgan fingerprint density at radius 3 is 2.67 bits per heavy atom. The van der Waals surface area contributed by atoms with Crippen molar-refractivity contribution in [1.82, 2.24) is 9.97 Å². The molecule has 0 saturated heterocycles. The molecule has 0 unspecified atom stereocenters. The smallest absolute Gasteiger partial charge is 0.392 e. The zero-order valence-electron chi connectivity index (χ0n) is 9.92. The molecule has 8 heteroatoms. The Hall–Kier alpha value is -1.57. The van der Waals surface area contributed by atoms with Crippen LogP contribution in [0, 0.1) is 0 Å². The van der Waals surface area contributed by atoms with Crippen LogP contribution >= 0.6 is 0 Å². The lowest BCUT2D eigenvalue weighted by Gasteiger charge is -2.10. The fraction of sp³-hybridized carbons (Fsp3) is 0.600. The molecule has 0 aromatic carbocycles. The molecule has 1 aromatic heterocycles. The van der Waals surface area contributed by atoms with Gasteiger partial charge in [-0.2, -0.15) is 18.2 Å². The SMILES string of the molecule is CCCc1nc(NN)cc(OCCC(F)(F)F)n1. The number of hydrazine groups is 1. The standard InChI is InChI=1S/C10H15F3N4O/c1-2-3-7-15-8(17-14)6-9(16-7)18-5-4-10(11,12)13/h6H,2-5,14H2,1H3,(H,15,16,17). The van der Waals surface area contributed by atoms with E-state index in [9.17, 15) is 13.2 Å². The lowest BCUT2D eigenvalue weighted by atomic mass is 10.3. The maximum Gasteiger partial charge on any atom is 0.392 e. The molecule has 0 fully saturated rings. The second kappa shape index (κ2) is 6.39. The first kappa shape index (κ1) is 14.5. The number of ether oxygens (including phenoxy) is 1. The van der Waals surface area contributed by atoms with Gasteiger partial charge in [0.2, 0.25) is 5.88 Å². The van der Waals surface area contributed by atoms with Crippen molar-refractivity contribution in [2.75, 3.05) is 12.0 Å². The summed E-state index contributed by atoms with van der Waals surface area (Å²) >= 11 is 0. The number of nitrogens with one attached hydrogen (secondary N) is 1. The van der Waals surface area contributed by atoms with E-state index in [-0.39, 0.29) is 5.88 Å². The summed E-state index contributed by atoms with van der Waals surface area (Å²) in [6, 6.07) is 1.36. The average Bonchev–Trinajstić information content (AvgIpc) is 2.27. The lowest BCUT2D eigenvalue weighted by Crippen LogP contribution is -2.15. The van der Waals surface area contributed by atoms with Gasteiger partial charge in [0, 0.05) is 12.5 Å². The molecule has 1 aromatic rings. The Labute approximate surface area is 103 Å². The van der Waals surface area contributed by atoms with Crippen LogP contribution in [0.25, 0.3) is 0 Å². The van der Waals surface area contributed by atoms with E-state index < -0.39 is 19.2 Å². The fourth-order valence-corrected chi connectivity index (χ4v) is 1.23. The summed E-state index contributed by atoms with van der Waals surface area (Å²) in [6.45, 7) is 1.46. The van der Waals surface area contributed by atoms with Gasteiger partial charge in [-0.25, -0.2) is 10.8 Å². The Kier molecular flexibility index (Phi) is 5.14. The van der Waals surface area contributed by atoms with E-state index in [4.69, 9.17) is 10.6 Å². The fourth-order valence-electron chi connectivity index (χ4n) is 1.23. The molecule has 0 spiro atoms. The van der Waals surface area contributed by atoms with E-state index >= 15 is 0 Å². The van der Waals surface area contributed by atoms with Crippen molar-refractivity contribution in [1.29, 1.82) is 0 Å². The molecular formula is C10H15F3N4O. The summed E-state index contributed by atoms with van der Waals surface area (Å²) in [6.07, 6.45) is -3.85. The van der Waals surface area contributed by atoms with Crippen LogP contribution in [0.15, 0.2) is 6.07 Å². The number of aryl methyl sites for hydroxylation is 1. The van der Waals surface area contributed by atoms with Gasteiger partial charge >= 0.3 is 6.18 Å². The summed E-state index contributed by atoms with van der Waals surface area (Å²) in [5.41, 5.74) is 2.32. The number of anilines is 1. The van der Waals surface area contributed by atoms with Crippen molar-refractivity contribution in [2.24, 2.45) is 5.84 Å². The number of nitrogens with zero attached hydrogens (tertiary/aromatic N) is 2. The Morgan fingerprint density at radius 1 is 1.39 bits per heavy atom. The predicted octanol–water partition coefficient (Wildman–Crippen LogP) is 2.05. The van der Waals surface area contributed by atoms with E-state index in [1.54, 1.807) is 0 Å². The van der Waals surface area contributed by atoms with Gasteiger partial charge in [0.1, 0.15) is 11.6 Å². The molecule has 102 valence electrons. The van der Waals surface area contributed by atoms with Gasteiger partial charge in [0.25, 0.3) is 0 Å². The summed E-state index contributed by atoms with van der Waals surface area (Å²) < 4.78 is 40.8. The van der Waals surface area contributed by atoms with Gasteiger partial charge < -0.3 is 10.2 Å². The van der Waals surface area contributed by atoms with Crippen molar-refractivity contribution in [3.8, 4) is 5.88 Å². The number of hydrogen-bond acceptors (Lipinski definition) is 5. The number of hydrogen-bond donors (Lipinski definition) is 2. The van der Waals surface area contributed by atoms with Crippen LogP contribution in [0.1, 0.15) is 25.6 Å². The Bertz CT molecular complexity index is 384. The Morgan fingerprint density at radius 2 is 2.11 bits per heavy atom. The number of rotatable bonds is 6. The highest BCUT2D eigenvalue weighted by Crippen LogP contribution is 2.20. The number of halogens is 3. The van der Waals surface area contributed by atoms with E-state index in [2.05, 4.69) is 15.4 Å². The molecule has 1 heterocycles. The van der Waals surface area contributed by atoms with Crippen LogP contribution in [0.2, 0.25) is 0 Å². The topological polar surface area (TPSA) is 73.1 Å². The molecule has 18 heavy (non-hydrogen) atoms. The quantitative estimate of drug-likeness (QED) is 0.607. The predicted molar refractivity (Wildman–Crippen MR) is 60.0 cm³/mol. The Balaban J connectivity index is 2.66. The first-order chi connectivity index (χ1) is 8.44. The molecule has 3 N–H and O–H groups in total. The van der Waals surface area contributed by atoms with Gasteiger partial charge in [-0.3, -0.25) is 0 Å². The van der Waals surface area contributed by atoms with Crippen LogP contribution in [-0.2, 0) is 6.42 Å². The van der Waals surface area contributed by atoms with Gasteiger partial charge in [-0.05, 0) is 6.42 Å².